The predicted molar refractivity (Wildman–Crippen MR) is 67.9 cm³/mol. The number of carbonyl (C=O) groups excluding carboxylic acids is 1. The Bertz CT molecular complexity index is 360. The van der Waals surface area contributed by atoms with Gasteiger partial charge in [0, 0.05) is 5.56 Å². The van der Waals surface area contributed by atoms with Gasteiger partial charge < -0.3 is 9.47 Å². The van der Waals surface area contributed by atoms with Gasteiger partial charge in [-0.05, 0) is 30.5 Å². The van der Waals surface area contributed by atoms with Crippen molar-refractivity contribution in [3.8, 4) is 11.5 Å². The Kier molecular flexibility index (Phi) is 5.53. The molecule has 0 amide bonds. The molecule has 1 aromatic rings. The van der Waals surface area contributed by atoms with Crippen LogP contribution in [0, 0.1) is 5.92 Å². The Balaban J connectivity index is 2.70. The summed E-state index contributed by atoms with van der Waals surface area (Å²) in [5, 5.41) is 0. The van der Waals surface area contributed by atoms with Crippen LogP contribution in [0.5, 0.6) is 11.5 Å². The van der Waals surface area contributed by atoms with Gasteiger partial charge in [0.1, 0.15) is 6.29 Å². The van der Waals surface area contributed by atoms with Crippen molar-refractivity contribution in [1.82, 2.24) is 0 Å². The van der Waals surface area contributed by atoms with Crippen LogP contribution in [0.15, 0.2) is 18.2 Å². The summed E-state index contributed by atoms with van der Waals surface area (Å²) in [6, 6.07) is 5.18. The molecule has 17 heavy (non-hydrogen) atoms. The topological polar surface area (TPSA) is 35.5 Å². The molecule has 0 spiro atoms. The molecule has 3 heteroatoms. The van der Waals surface area contributed by atoms with Crippen molar-refractivity contribution in [1.29, 1.82) is 0 Å². The first-order chi connectivity index (χ1) is 8.21. The molecule has 94 valence electrons. The zero-order valence-electron chi connectivity index (χ0n) is 10.7. The van der Waals surface area contributed by atoms with Gasteiger partial charge in [0.15, 0.2) is 11.5 Å². The fourth-order valence-electron chi connectivity index (χ4n) is 1.69. The Hall–Kier alpha value is -1.51. The summed E-state index contributed by atoms with van der Waals surface area (Å²) in [7, 11) is 1.60. The molecule has 0 aromatic heterocycles. The van der Waals surface area contributed by atoms with E-state index in [1.54, 1.807) is 25.3 Å². The van der Waals surface area contributed by atoms with Gasteiger partial charge in [0.05, 0.1) is 13.7 Å². The van der Waals surface area contributed by atoms with Crippen LogP contribution in [0.4, 0.5) is 0 Å². The van der Waals surface area contributed by atoms with Crippen molar-refractivity contribution in [2.24, 2.45) is 5.92 Å². The molecule has 0 radical (unpaired) electrons. The number of aldehydes is 1. The highest BCUT2D eigenvalue weighted by atomic mass is 16.5. The average molecular weight is 236 g/mol. The van der Waals surface area contributed by atoms with Gasteiger partial charge in [0.2, 0.25) is 0 Å². The molecule has 0 saturated heterocycles. The quantitative estimate of drug-likeness (QED) is 0.681. The molecule has 0 aliphatic rings. The summed E-state index contributed by atoms with van der Waals surface area (Å²) in [6.07, 6.45) is 3.09. The third-order valence-electron chi connectivity index (χ3n) is 2.63. The van der Waals surface area contributed by atoms with Crippen LogP contribution < -0.4 is 9.47 Å². The van der Waals surface area contributed by atoms with E-state index in [-0.39, 0.29) is 0 Å². The molecule has 0 fully saturated rings. The van der Waals surface area contributed by atoms with Gasteiger partial charge >= 0.3 is 0 Å². The molecular weight excluding hydrogens is 216 g/mol. The molecule has 0 N–H and O–H groups in total. The van der Waals surface area contributed by atoms with E-state index in [2.05, 4.69) is 13.8 Å². The molecule has 0 saturated carbocycles. The second-order valence-electron chi connectivity index (χ2n) is 4.23. The first-order valence-electron chi connectivity index (χ1n) is 5.97. The van der Waals surface area contributed by atoms with E-state index in [1.165, 1.54) is 0 Å². The van der Waals surface area contributed by atoms with Crippen molar-refractivity contribution in [2.75, 3.05) is 13.7 Å². The third kappa shape index (κ3) is 4.10. The summed E-state index contributed by atoms with van der Waals surface area (Å²) < 4.78 is 10.9. The number of methoxy groups -OCH3 is 1. The minimum atomic E-state index is 0.504. The highest BCUT2D eigenvalue weighted by molar-refractivity contribution is 5.76. The second-order valence-corrected chi connectivity index (χ2v) is 4.23. The van der Waals surface area contributed by atoms with Gasteiger partial charge in [-0.3, -0.25) is 4.79 Å². The zero-order chi connectivity index (χ0) is 12.7. The number of hydrogen-bond acceptors (Lipinski definition) is 3. The molecule has 1 rings (SSSR count). The summed E-state index contributed by atoms with van der Waals surface area (Å²) >= 11 is 0. The van der Waals surface area contributed by atoms with Crippen LogP contribution in [-0.4, -0.2) is 20.0 Å². The minimum Gasteiger partial charge on any atom is -0.493 e. The second kappa shape index (κ2) is 6.94. The van der Waals surface area contributed by atoms with Gasteiger partial charge in [-0.1, -0.05) is 20.3 Å². The van der Waals surface area contributed by atoms with Gasteiger partial charge in [0.25, 0.3) is 0 Å². The van der Waals surface area contributed by atoms with E-state index >= 15 is 0 Å². The van der Waals surface area contributed by atoms with Crippen molar-refractivity contribution in [2.45, 2.75) is 26.7 Å². The maximum Gasteiger partial charge on any atom is 0.161 e. The lowest BCUT2D eigenvalue weighted by Gasteiger charge is -2.14. The highest BCUT2D eigenvalue weighted by Gasteiger charge is 2.08. The number of benzene rings is 1. The van der Waals surface area contributed by atoms with Crippen LogP contribution in [0.2, 0.25) is 0 Å². The van der Waals surface area contributed by atoms with Crippen LogP contribution in [0.25, 0.3) is 0 Å². The molecule has 0 heterocycles. The fourth-order valence-corrected chi connectivity index (χ4v) is 1.69. The number of hydrogen-bond donors (Lipinski definition) is 0. The van der Waals surface area contributed by atoms with Gasteiger partial charge in [-0.15, -0.1) is 0 Å². The molecule has 1 unspecified atom stereocenters. The zero-order valence-corrected chi connectivity index (χ0v) is 10.7. The van der Waals surface area contributed by atoms with Crippen LogP contribution >= 0.6 is 0 Å². The monoisotopic (exact) mass is 236 g/mol. The SMILES string of the molecule is CCCC(C)COc1cc(C=O)ccc1OC. The summed E-state index contributed by atoms with van der Waals surface area (Å²) in [5.41, 5.74) is 0.601. The minimum absolute atomic E-state index is 0.504. The smallest absolute Gasteiger partial charge is 0.161 e. The predicted octanol–water partition coefficient (Wildman–Crippen LogP) is 3.32. The van der Waals surface area contributed by atoms with Gasteiger partial charge in [-0.2, -0.15) is 0 Å². The molecule has 1 aromatic carbocycles. The Morgan fingerprint density at radius 1 is 1.35 bits per heavy atom. The lowest BCUT2D eigenvalue weighted by atomic mass is 10.1. The lowest BCUT2D eigenvalue weighted by molar-refractivity contribution is 0.112. The summed E-state index contributed by atoms with van der Waals surface area (Å²) in [6.45, 7) is 4.95. The van der Waals surface area contributed by atoms with Crippen molar-refractivity contribution >= 4 is 6.29 Å². The Morgan fingerprint density at radius 2 is 2.12 bits per heavy atom. The summed E-state index contributed by atoms with van der Waals surface area (Å²) in [5.74, 6) is 1.81. The largest absolute Gasteiger partial charge is 0.493 e. The van der Waals surface area contributed by atoms with E-state index in [0.29, 0.717) is 29.6 Å². The van der Waals surface area contributed by atoms with Crippen molar-refractivity contribution in [3.05, 3.63) is 23.8 Å². The van der Waals surface area contributed by atoms with E-state index in [4.69, 9.17) is 9.47 Å². The highest BCUT2D eigenvalue weighted by Crippen LogP contribution is 2.28. The van der Waals surface area contributed by atoms with Crippen molar-refractivity contribution < 1.29 is 14.3 Å². The molecule has 1 atom stereocenters. The van der Waals surface area contributed by atoms with Gasteiger partial charge in [-0.25, -0.2) is 0 Å². The standard InChI is InChI=1S/C14H20O3/c1-4-5-11(2)10-17-14-8-12(9-15)6-7-13(14)16-3/h6-9,11H,4-5,10H2,1-3H3. The Labute approximate surface area is 103 Å². The van der Waals surface area contributed by atoms with Crippen LogP contribution in [-0.2, 0) is 0 Å². The first kappa shape index (κ1) is 13.6. The van der Waals surface area contributed by atoms with Crippen molar-refractivity contribution in [3.63, 3.8) is 0 Å². The first-order valence-corrected chi connectivity index (χ1v) is 5.97. The Morgan fingerprint density at radius 3 is 2.71 bits per heavy atom. The maximum atomic E-state index is 10.7. The van der Waals surface area contributed by atoms with Crippen LogP contribution in [0.1, 0.15) is 37.0 Å². The lowest BCUT2D eigenvalue weighted by Crippen LogP contribution is -2.09. The molecule has 3 nitrogen and oxygen atoms in total. The molecule has 0 aliphatic carbocycles. The molecule has 0 bridgehead atoms. The molecular formula is C14H20O3. The number of ether oxygens (including phenoxy) is 2. The van der Waals surface area contributed by atoms with Crippen LogP contribution in [0.3, 0.4) is 0 Å². The number of rotatable bonds is 7. The normalized spacial score (nSPS) is 11.9. The fraction of sp³-hybridized carbons (Fsp3) is 0.500. The average Bonchev–Trinajstić information content (AvgIpc) is 2.36. The summed E-state index contributed by atoms with van der Waals surface area (Å²) in [4.78, 5) is 10.7. The van der Waals surface area contributed by atoms with E-state index in [0.717, 1.165) is 19.1 Å². The third-order valence-corrected chi connectivity index (χ3v) is 2.63. The van der Waals surface area contributed by atoms with E-state index in [9.17, 15) is 4.79 Å². The molecule has 0 aliphatic heterocycles. The van der Waals surface area contributed by atoms with E-state index in [1.807, 2.05) is 0 Å². The number of carbonyl (C=O) groups is 1. The maximum absolute atomic E-state index is 10.7. The van der Waals surface area contributed by atoms with E-state index < -0.39 is 0 Å².